The average Bonchev–Trinajstić information content (AvgIpc) is 2.52. The van der Waals surface area contributed by atoms with Crippen LogP contribution in [0.25, 0.3) is 0 Å². The van der Waals surface area contributed by atoms with Gasteiger partial charge in [0.15, 0.2) is 5.82 Å². The van der Waals surface area contributed by atoms with Crippen molar-refractivity contribution in [3.05, 3.63) is 11.7 Å². The predicted octanol–water partition coefficient (Wildman–Crippen LogP) is 0.0142. The summed E-state index contributed by atoms with van der Waals surface area (Å²) in [6.07, 6.45) is 1.18. The van der Waals surface area contributed by atoms with E-state index < -0.39 is 0 Å². The van der Waals surface area contributed by atoms with Crippen LogP contribution >= 0.6 is 0 Å². The number of hydrogen-bond donors (Lipinski definition) is 2. The molecule has 0 aliphatic carbocycles. The molecule has 0 aliphatic rings. The van der Waals surface area contributed by atoms with E-state index in [9.17, 15) is 0 Å². The molecule has 5 heteroatoms. The molecule has 0 fully saturated rings. The van der Waals surface area contributed by atoms with Gasteiger partial charge in [0.2, 0.25) is 5.89 Å². The highest BCUT2D eigenvalue weighted by molar-refractivity contribution is 4.91. The first-order valence-electron chi connectivity index (χ1n) is 3.96. The molecule has 0 radical (unpaired) electrons. The quantitative estimate of drug-likeness (QED) is 0.666. The summed E-state index contributed by atoms with van der Waals surface area (Å²) < 4.78 is 4.87. The normalized spacial score (nSPS) is 13.2. The van der Waals surface area contributed by atoms with E-state index >= 15 is 0 Å². The van der Waals surface area contributed by atoms with Gasteiger partial charge in [0, 0.05) is 6.42 Å². The maximum atomic E-state index is 8.57. The van der Waals surface area contributed by atoms with E-state index in [1.807, 2.05) is 6.92 Å². The molecule has 3 N–H and O–H groups in total. The molecule has 0 bridgehead atoms. The maximum Gasteiger partial charge on any atom is 0.243 e. The Morgan fingerprint density at radius 1 is 1.67 bits per heavy atom. The van der Waals surface area contributed by atoms with E-state index in [2.05, 4.69) is 10.1 Å². The summed E-state index contributed by atoms with van der Waals surface area (Å²) in [6.45, 7) is 1.97. The highest BCUT2D eigenvalue weighted by Crippen LogP contribution is 2.10. The molecule has 1 aromatic heterocycles. The number of aliphatic hydroxyl groups excluding tert-OH is 1. The van der Waals surface area contributed by atoms with Gasteiger partial charge in [-0.3, -0.25) is 0 Å². The SMILES string of the molecule is CC[C@H](N)c1nc(CCO)no1. The first kappa shape index (κ1) is 9.15. The minimum atomic E-state index is -0.190. The Bertz CT molecular complexity index is 236. The van der Waals surface area contributed by atoms with Crippen LogP contribution in [0.1, 0.15) is 31.1 Å². The van der Waals surface area contributed by atoms with Crippen molar-refractivity contribution in [2.75, 3.05) is 6.61 Å². The third kappa shape index (κ3) is 2.02. The van der Waals surface area contributed by atoms with Crippen molar-refractivity contribution in [3.8, 4) is 0 Å². The van der Waals surface area contributed by atoms with Crippen molar-refractivity contribution in [2.24, 2.45) is 5.73 Å². The molecule has 0 amide bonds. The van der Waals surface area contributed by atoms with E-state index in [0.29, 0.717) is 18.1 Å². The molecule has 0 aliphatic heterocycles. The number of aliphatic hydroxyl groups is 1. The summed E-state index contributed by atoms with van der Waals surface area (Å²) >= 11 is 0. The third-order valence-corrected chi connectivity index (χ3v) is 1.58. The second-order valence-corrected chi connectivity index (χ2v) is 2.54. The Balaban J connectivity index is 2.63. The first-order chi connectivity index (χ1) is 5.77. The van der Waals surface area contributed by atoms with Crippen LogP contribution < -0.4 is 5.73 Å². The summed E-state index contributed by atoms with van der Waals surface area (Å²) in [7, 11) is 0. The summed E-state index contributed by atoms with van der Waals surface area (Å²) in [5.41, 5.74) is 5.65. The van der Waals surface area contributed by atoms with Gasteiger partial charge in [-0.2, -0.15) is 4.98 Å². The van der Waals surface area contributed by atoms with Crippen molar-refractivity contribution >= 4 is 0 Å². The summed E-state index contributed by atoms with van der Waals surface area (Å²) in [4.78, 5) is 4.01. The van der Waals surface area contributed by atoms with Crippen molar-refractivity contribution in [1.29, 1.82) is 0 Å². The van der Waals surface area contributed by atoms with Crippen LogP contribution in [0.3, 0.4) is 0 Å². The van der Waals surface area contributed by atoms with E-state index in [0.717, 1.165) is 6.42 Å². The topological polar surface area (TPSA) is 85.2 Å². The van der Waals surface area contributed by atoms with Gasteiger partial charge in [0.1, 0.15) is 0 Å². The fourth-order valence-corrected chi connectivity index (χ4v) is 0.794. The van der Waals surface area contributed by atoms with Crippen molar-refractivity contribution in [2.45, 2.75) is 25.8 Å². The molecule has 1 aromatic rings. The van der Waals surface area contributed by atoms with E-state index in [1.165, 1.54) is 0 Å². The largest absolute Gasteiger partial charge is 0.396 e. The minimum absolute atomic E-state index is 0.0281. The highest BCUT2D eigenvalue weighted by Gasteiger charge is 2.11. The smallest absolute Gasteiger partial charge is 0.243 e. The molecule has 1 rings (SSSR count). The standard InChI is InChI=1S/C7H13N3O2/c1-2-5(8)7-9-6(3-4-11)10-12-7/h5,11H,2-4,8H2,1H3/t5-/m0/s1. The number of aromatic nitrogens is 2. The van der Waals surface area contributed by atoms with Gasteiger partial charge in [0.25, 0.3) is 0 Å². The molecule has 12 heavy (non-hydrogen) atoms. The lowest BCUT2D eigenvalue weighted by Crippen LogP contribution is -2.09. The summed E-state index contributed by atoms with van der Waals surface area (Å²) in [5, 5.41) is 12.2. The summed E-state index contributed by atoms with van der Waals surface area (Å²) in [6, 6.07) is -0.190. The Morgan fingerprint density at radius 2 is 2.42 bits per heavy atom. The molecule has 68 valence electrons. The highest BCUT2D eigenvalue weighted by atomic mass is 16.5. The van der Waals surface area contributed by atoms with Crippen LogP contribution in [0.2, 0.25) is 0 Å². The fourth-order valence-electron chi connectivity index (χ4n) is 0.794. The molecule has 0 aromatic carbocycles. The van der Waals surface area contributed by atoms with Crippen LogP contribution in [0.4, 0.5) is 0 Å². The third-order valence-electron chi connectivity index (χ3n) is 1.58. The first-order valence-corrected chi connectivity index (χ1v) is 3.96. The Kier molecular flexibility index (Phi) is 3.19. The molecule has 0 spiro atoms. The molecular weight excluding hydrogens is 158 g/mol. The van der Waals surface area contributed by atoms with Gasteiger partial charge in [-0.15, -0.1) is 0 Å². The fraction of sp³-hybridized carbons (Fsp3) is 0.714. The lowest BCUT2D eigenvalue weighted by molar-refractivity contribution is 0.292. The number of nitrogens with zero attached hydrogens (tertiary/aromatic N) is 2. The molecule has 0 saturated carbocycles. The molecule has 5 nitrogen and oxygen atoms in total. The van der Waals surface area contributed by atoms with Crippen molar-refractivity contribution < 1.29 is 9.63 Å². The van der Waals surface area contributed by atoms with Gasteiger partial charge >= 0.3 is 0 Å². The van der Waals surface area contributed by atoms with Gasteiger partial charge in [0.05, 0.1) is 12.6 Å². The van der Waals surface area contributed by atoms with Crippen LogP contribution in [0, 0.1) is 0 Å². The van der Waals surface area contributed by atoms with Gasteiger partial charge in [-0.1, -0.05) is 12.1 Å². The minimum Gasteiger partial charge on any atom is -0.396 e. The molecular formula is C7H13N3O2. The maximum absolute atomic E-state index is 8.57. The number of hydrogen-bond acceptors (Lipinski definition) is 5. The van der Waals surface area contributed by atoms with Crippen LogP contribution in [-0.4, -0.2) is 21.9 Å². The Hall–Kier alpha value is -0.940. The zero-order chi connectivity index (χ0) is 8.97. The zero-order valence-corrected chi connectivity index (χ0v) is 7.03. The van der Waals surface area contributed by atoms with Gasteiger partial charge in [-0.25, -0.2) is 0 Å². The molecule has 1 atom stereocenters. The second-order valence-electron chi connectivity index (χ2n) is 2.54. The van der Waals surface area contributed by atoms with Crippen LogP contribution in [0.5, 0.6) is 0 Å². The Morgan fingerprint density at radius 3 is 3.00 bits per heavy atom. The van der Waals surface area contributed by atoms with Crippen LogP contribution in [-0.2, 0) is 6.42 Å². The summed E-state index contributed by atoms with van der Waals surface area (Å²) in [5.74, 6) is 0.956. The monoisotopic (exact) mass is 171 g/mol. The predicted molar refractivity (Wildman–Crippen MR) is 42.3 cm³/mol. The van der Waals surface area contributed by atoms with Crippen molar-refractivity contribution in [3.63, 3.8) is 0 Å². The number of nitrogens with two attached hydrogens (primary N) is 1. The Labute approximate surface area is 70.6 Å². The lowest BCUT2D eigenvalue weighted by atomic mass is 10.2. The van der Waals surface area contributed by atoms with E-state index in [4.69, 9.17) is 15.4 Å². The number of rotatable bonds is 4. The van der Waals surface area contributed by atoms with Crippen LogP contribution in [0.15, 0.2) is 4.52 Å². The van der Waals surface area contributed by atoms with E-state index in [-0.39, 0.29) is 12.6 Å². The van der Waals surface area contributed by atoms with Gasteiger partial charge in [-0.05, 0) is 6.42 Å². The lowest BCUT2D eigenvalue weighted by Gasteiger charge is -1.98. The molecule has 0 saturated heterocycles. The molecule has 1 heterocycles. The van der Waals surface area contributed by atoms with Crippen molar-refractivity contribution in [1.82, 2.24) is 10.1 Å². The average molecular weight is 171 g/mol. The second kappa shape index (κ2) is 4.18. The molecule has 0 unspecified atom stereocenters. The van der Waals surface area contributed by atoms with E-state index in [1.54, 1.807) is 0 Å². The zero-order valence-electron chi connectivity index (χ0n) is 7.03. The van der Waals surface area contributed by atoms with Gasteiger partial charge < -0.3 is 15.4 Å².